The first kappa shape index (κ1) is 15.3. The molecule has 1 aliphatic rings. The highest BCUT2D eigenvalue weighted by Gasteiger charge is 2.24. The molecule has 0 radical (unpaired) electrons. The molecule has 1 fully saturated rings. The predicted molar refractivity (Wildman–Crippen MR) is 83.1 cm³/mol. The summed E-state index contributed by atoms with van der Waals surface area (Å²) in [7, 11) is 0. The maximum absolute atomic E-state index is 12.4. The van der Waals surface area contributed by atoms with E-state index in [2.05, 4.69) is 5.32 Å². The molecule has 0 bridgehead atoms. The SMILES string of the molecule is Cc1cc(Cl)ccc1C(=O)NC(CN)C1CCCCC1. The van der Waals surface area contributed by atoms with E-state index in [4.69, 9.17) is 17.3 Å². The first-order valence-corrected chi connectivity index (χ1v) is 7.76. The van der Waals surface area contributed by atoms with E-state index in [1.54, 1.807) is 12.1 Å². The van der Waals surface area contributed by atoms with Crippen LogP contribution in [0.5, 0.6) is 0 Å². The Morgan fingerprint density at radius 2 is 2.10 bits per heavy atom. The molecule has 0 heterocycles. The Balaban J connectivity index is 2.04. The highest BCUT2D eigenvalue weighted by atomic mass is 35.5. The molecule has 4 heteroatoms. The molecule has 0 aliphatic heterocycles. The molecule has 0 aromatic heterocycles. The first-order chi connectivity index (χ1) is 9.61. The van der Waals surface area contributed by atoms with Gasteiger partial charge < -0.3 is 11.1 Å². The maximum Gasteiger partial charge on any atom is 0.251 e. The fourth-order valence-electron chi connectivity index (χ4n) is 3.03. The second-order valence-corrected chi connectivity index (χ2v) is 6.11. The molecule has 1 aromatic rings. The number of nitrogens with two attached hydrogens (primary N) is 1. The minimum absolute atomic E-state index is 0.0415. The van der Waals surface area contributed by atoms with Crippen LogP contribution in [-0.2, 0) is 0 Å². The van der Waals surface area contributed by atoms with Gasteiger partial charge in [0.2, 0.25) is 0 Å². The van der Waals surface area contributed by atoms with Gasteiger partial charge in [0, 0.05) is 23.2 Å². The van der Waals surface area contributed by atoms with Gasteiger partial charge in [0.1, 0.15) is 0 Å². The number of nitrogens with one attached hydrogen (secondary N) is 1. The fraction of sp³-hybridized carbons (Fsp3) is 0.562. The number of hydrogen-bond donors (Lipinski definition) is 2. The van der Waals surface area contributed by atoms with Gasteiger partial charge in [-0.25, -0.2) is 0 Å². The van der Waals surface area contributed by atoms with E-state index in [1.165, 1.54) is 32.1 Å². The standard InChI is InChI=1S/C16H23ClN2O/c1-11-9-13(17)7-8-14(11)16(20)19-15(10-18)12-5-3-2-4-6-12/h7-9,12,15H,2-6,10,18H2,1H3,(H,19,20). The smallest absolute Gasteiger partial charge is 0.251 e. The van der Waals surface area contributed by atoms with E-state index >= 15 is 0 Å². The number of carbonyl (C=O) groups excluding carboxylic acids is 1. The van der Waals surface area contributed by atoms with Crippen molar-refractivity contribution in [1.29, 1.82) is 0 Å². The summed E-state index contributed by atoms with van der Waals surface area (Å²) in [6, 6.07) is 5.43. The van der Waals surface area contributed by atoms with Crippen molar-refractivity contribution in [3.05, 3.63) is 34.3 Å². The lowest BCUT2D eigenvalue weighted by molar-refractivity contribution is 0.0915. The molecule has 0 saturated heterocycles. The lowest BCUT2D eigenvalue weighted by Gasteiger charge is -2.30. The predicted octanol–water partition coefficient (Wildman–Crippen LogP) is 3.29. The second kappa shape index (κ2) is 7.09. The van der Waals surface area contributed by atoms with Crippen molar-refractivity contribution in [1.82, 2.24) is 5.32 Å². The van der Waals surface area contributed by atoms with E-state index in [0.29, 0.717) is 23.0 Å². The zero-order chi connectivity index (χ0) is 14.5. The van der Waals surface area contributed by atoms with Crippen LogP contribution >= 0.6 is 11.6 Å². The molecule has 3 nitrogen and oxygen atoms in total. The van der Waals surface area contributed by atoms with Crippen molar-refractivity contribution in [2.45, 2.75) is 45.1 Å². The van der Waals surface area contributed by atoms with Crippen molar-refractivity contribution in [3.8, 4) is 0 Å². The van der Waals surface area contributed by atoms with Crippen LogP contribution in [0.2, 0.25) is 5.02 Å². The van der Waals surface area contributed by atoms with Gasteiger partial charge in [-0.15, -0.1) is 0 Å². The quantitative estimate of drug-likeness (QED) is 0.895. The van der Waals surface area contributed by atoms with Crippen molar-refractivity contribution in [2.24, 2.45) is 11.7 Å². The number of aryl methyl sites for hydroxylation is 1. The Hall–Kier alpha value is -1.06. The number of carbonyl (C=O) groups is 1. The van der Waals surface area contributed by atoms with Gasteiger partial charge in [-0.2, -0.15) is 0 Å². The third kappa shape index (κ3) is 3.74. The van der Waals surface area contributed by atoms with Gasteiger partial charge >= 0.3 is 0 Å². The summed E-state index contributed by atoms with van der Waals surface area (Å²) in [5.41, 5.74) is 7.44. The molecule has 2 rings (SSSR count). The molecule has 20 heavy (non-hydrogen) atoms. The number of benzene rings is 1. The number of amides is 1. The Labute approximate surface area is 125 Å². The Morgan fingerprint density at radius 3 is 2.70 bits per heavy atom. The fourth-order valence-corrected chi connectivity index (χ4v) is 3.26. The molecule has 110 valence electrons. The van der Waals surface area contributed by atoms with Crippen LogP contribution in [0.1, 0.15) is 48.0 Å². The van der Waals surface area contributed by atoms with Crippen LogP contribution in [0.4, 0.5) is 0 Å². The van der Waals surface area contributed by atoms with Crippen LogP contribution in [0.3, 0.4) is 0 Å². The second-order valence-electron chi connectivity index (χ2n) is 5.67. The molecule has 0 spiro atoms. The van der Waals surface area contributed by atoms with Crippen molar-refractivity contribution < 1.29 is 4.79 Å². The minimum Gasteiger partial charge on any atom is -0.348 e. The largest absolute Gasteiger partial charge is 0.348 e. The molecule has 1 unspecified atom stereocenters. The lowest BCUT2D eigenvalue weighted by atomic mass is 9.83. The van der Waals surface area contributed by atoms with Gasteiger partial charge in [-0.05, 0) is 49.4 Å². The molecule has 1 aliphatic carbocycles. The molecular formula is C16H23ClN2O. The normalized spacial score (nSPS) is 17.8. The van der Waals surface area contributed by atoms with E-state index in [-0.39, 0.29) is 11.9 Å². The summed E-state index contributed by atoms with van der Waals surface area (Å²) >= 11 is 5.92. The minimum atomic E-state index is -0.0415. The molecule has 1 aromatic carbocycles. The summed E-state index contributed by atoms with van der Waals surface area (Å²) < 4.78 is 0. The van der Waals surface area contributed by atoms with Crippen LogP contribution in [0, 0.1) is 12.8 Å². The third-order valence-corrected chi connectivity index (χ3v) is 4.46. The Morgan fingerprint density at radius 1 is 1.40 bits per heavy atom. The maximum atomic E-state index is 12.4. The van der Waals surface area contributed by atoms with E-state index in [1.807, 2.05) is 13.0 Å². The van der Waals surface area contributed by atoms with Gasteiger partial charge in [0.05, 0.1) is 0 Å². The first-order valence-electron chi connectivity index (χ1n) is 7.39. The van der Waals surface area contributed by atoms with E-state index in [9.17, 15) is 4.79 Å². The zero-order valence-corrected chi connectivity index (χ0v) is 12.7. The highest BCUT2D eigenvalue weighted by Crippen LogP contribution is 2.26. The van der Waals surface area contributed by atoms with Crippen LogP contribution in [0.15, 0.2) is 18.2 Å². The van der Waals surface area contributed by atoms with Crippen molar-refractivity contribution >= 4 is 17.5 Å². The van der Waals surface area contributed by atoms with Crippen LogP contribution in [0.25, 0.3) is 0 Å². The van der Waals surface area contributed by atoms with Gasteiger partial charge in [0.15, 0.2) is 0 Å². The third-order valence-electron chi connectivity index (χ3n) is 4.22. The van der Waals surface area contributed by atoms with Gasteiger partial charge in [-0.3, -0.25) is 4.79 Å². The monoisotopic (exact) mass is 294 g/mol. The summed E-state index contributed by atoms with van der Waals surface area (Å²) in [4.78, 5) is 12.4. The highest BCUT2D eigenvalue weighted by molar-refractivity contribution is 6.30. The summed E-state index contributed by atoms with van der Waals surface area (Å²) in [6.45, 7) is 2.40. The van der Waals surface area contributed by atoms with Gasteiger partial charge in [0.25, 0.3) is 5.91 Å². The number of hydrogen-bond acceptors (Lipinski definition) is 2. The zero-order valence-electron chi connectivity index (χ0n) is 12.0. The average molecular weight is 295 g/mol. The average Bonchev–Trinajstić information content (AvgIpc) is 2.45. The topological polar surface area (TPSA) is 55.1 Å². The van der Waals surface area contributed by atoms with Gasteiger partial charge in [-0.1, -0.05) is 30.9 Å². The van der Waals surface area contributed by atoms with Crippen LogP contribution in [-0.4, -0.2) is 18.5 Å². The molecule has 1 amide bonds. The summed E-state index contributed by atoms with van der Waals surface area (Å²) in [6.07, 6.45) is 6.13. The molecule has 3 N–H and O–H groups in total. The van der Waals surface area contributed by atoms with Crippen molar-refractivity contribution in [3.63, 3.8) is 0 Å². The molecular weight excluding hydrogens is 272 g/mol. The van der Waals surface area contributed by atoms with E-state index in [0.717, 1.165) is 5.56 Å². The van der Waals surface area contributed by atoms with Crippen molar-refractivity contribution in [2.75, 3.05) is 6.54 Å². The molecule has 1 atom stereocenters. The van der Waals surface area contributed by atoms with E-state index < -0.39 is 0 Å². The number of halogens is 1. The van der Waals surface area contributed by atoms with Crippen LogP contribution < -0.4 is 11.1 Å². The summed E-state index contributed by atoms with van der Waals surface area (Å²) in [5.74, 6) is 0.477. The summed E-state index contributed by atoms with van der Waals surface area (Å²) in [5, 5.41) is 3.76. The number of rotatable bonds is 4. The Kier molecular flexibility index (Phi) is 5.44. The Bertz CT molecular complexity index is 470. The lowest BCUT2D eigenvalue weighted by Crippen LogP contribution is -2.46. The molecule has 1 saturated carbocycles.